The molecule has 1 aromatic carbocycles. The lowest BCUT2D eigenvalue weighted by Gasteiger charge is -2.14. The van der Waals surface area contributed by atoms with Crippen LogP contribution in [0.25, 0.3) is 10.9 Å². The van der Waals surface area contributed by atoms with Gasteiger partial charge in [-0.3, -0.25) is 5.10 Å². The van der Waals surface area contributed by atoms with Crippen LogP contribution in [0.3, 0.4) is 0 Å². The maximum Gasteiger partial charge on any atom is 0.0691 e. The summed E-state index contributed by atoms with van der Waals surface area (Å²) >= 11 is 0. The van der Waals surface area contributed by atoms with Crippen molar-refractivity contribution in [3.05, 3.63) is 18.3 Å². The predicted octanol–water partition coefficient (Wildman–Crippen LogP) is 1.67. The van der Waals surface area contributed by atoms with Gasteiger partial charge in [0.1, 0.15) is 0 Å². The van der Waals surface area contributed by atoms with Crippen molar-refractivity contribution in [2.45, 2.75) is 0 Å². The molecule has 0 saturated heterocycles. The van der Waals surface area contributed by atoms with E-state index in [4.69, 9.17) is 0 Å². The quantitative estimate of drug-likeness (QED) is 0.757. The lowest BCUT2D eigenvalue weighted by Crippen LogP contribution is -2.08. The van der Waals surface area contributed by atoms with E-state index >= 15 is 0 Å². The van der Waals surface area contributed by atoms with Crippen molar-refractivity contribution >= 4 is 22.3 Å². The number of anilines is 2. The fourth-order valence-corrected chi connectivity index (χ4v) is 1.50. The highest BCUT2D eigenvalue weighted by molar-refractivity contribution is 5.94. The van der Waals surface area contributed by atoms with E-state index in [-0.39, 0.29) is 0 Å². The van der Waals surface area contributed by atoms with Crippen molar-refractivity contribution in [2.24, 2.45) is 0 Å². The maximum atomic E-state index is 4.03. The first kappa shape index (κ1) is 8.87. The highest BCUT2D eigenvalue weighted by Gasteiger charge is 2.05. The third kappa shape index (κ3) is 1.28. The van der Waals surface area contributed by atoms with Crippen LogP contribution in [0.4, 0.5) is 11.4 Å². The van der Waals surface area contributed by atoms with Crippen LogP contribution in [-0.4, -0.2) is 31.3 Å². The highest BCUT2D eigenvalue weighted by atomic mass is 15.1. The van der Waals surface area contributed by atoms with Gasteiger partial charge in [-0.2, -0.15) is 5.10 Å². The number of nitrogens with one attached hydrogen (secondary N) is 2. The molecule has 0 aliphatic carbocycles. The molecule has 0 spiro atoms. The molecule has 0 aliphatic rings. The highest BCUT2D eigenvalue weighted by Crippen LogP contribution is 2.27. The van der Waals surface area contributed by atoms with Crippen LogP contribution in [0.1, 0.15) is 0 Å². The van der Waals surface area contributed by atoms with Crippen LogP contribution in [0.2, 0.25) is 0 Å². The lowest BCUT2D eigenvalue weighted by molar-refractivity contribution is 1.11. The Kier molecular flexibility index (Phi) is 2.04. The fraction of sp³-hybridized carbons (Fsp3) is 0.300. The lowest BCUT2D eigenvalue weighted by atomic mass is 10.2. The molecule has 2 rings (SSSR count). The molecule has 74 valence electrons. The number of fused-ring (bicyclic) bond motifs is 1. The molecule has 0 fully saturated rings. The van der Waals surface area contributed by atoms with E-state index in [1.54, 1.807) is 0 Å². The van der Waals surface area contributed by atoms with E-state index < -0.39 is 0 Å². The Labute approximate surface area is 82.9 Å². The van der Waals surface area contributed by atoms with Crippen LogP contribution in [0.15, 0.2) is 18.3 Å². The third-order valence-corrected chi connectivity index (χ3v) is 2.33. The Morgan fingerprint density at radius 1 is 1.36 bits per heavy atom. The number of hydrogen-bond acceptors (Lipinski definition) is 3. The summed E-state index contributed by atoms with van der Waals surface area (Å²) in [6.07, 6.45) is 1.83. The zero-order chi connectivity index (χ0) is 10.1. The van der Waals surface area contributed by atoms with Crippen molar-refractivity contribution in [3.63, 3.8) is 0 Å². The Balaban J connectivity index is 2.67. The Hall–Kier alpha value is -1.71. The molecule has 2 aromatic rings. The molecule has 0 radical (unpaired) electrons. The summed E-state index contributed by atoms with van der Waals surface area (Å²) in [6.45, 7) is 0. The molecule has 0 saturated carbocycles. The van der Waals surface area contributed by atoms with Crippen molar-refractivity contribution in [2.75, 3.05) is 31.4 Å². The first-order valence-corrected chi connectivity index (χ1v) is 4.54. The minimum atomic E-state index is 1.06. The van der Waals surface area contributed by atoms with Gasteiger partial charge in [0.05, 0.1) is 11.7 Å². The van der Waals surface area contributed by atoms with Crippen molar-refractivity contribution in [1.82, 2.24) is 10.2 Å². The second-order valence-electron chi connectivity index (χ2n) is 3.47. The first-order valence-electron chi connectivity index (χ1n) is 4.54. The van der Waals surface area contributed by atoms with E-state index in [2.05, 4.69) is 32.5 Å². The summed E-state index contributed by atoms with van der Waals surface area (Å²) in [4.78, 5) is 2.07. The molecule has 0 amide bonds. The third-order valence-electron chi connectivity index (χ3n) is 2.33. The molecule has 0 aliphatic heterocycles. The number of nitrogens with zero attached hydrogens (tertiary/aromatic N) is 2. The number of benzene rings is 1. The number of H-pyrrole nitrogens is 1. The van der Waals surface area contributed by atoms with Crippen LogP contribution >= 0.6 is 0 Å². The molecule has 0 unspecified atom stereocenters. The summed E-state index contributed by atoms with van der Waals surface area (Å²) in [6, 6.07) is 4.20. The van der Waals surface area contributed by atoms with Gasteiger partial charge in [-0.25, -0.2) is 0 Å². The largest absolute Gasteiger partial charge is 0.387 e. The minimum Gasteiger partial charge on any atom is -0.387 e. The normalized spacial score (nSPS) is 10.5. The molecule has 1 aromatic heterocycles. The van der Waals surface area contributed by atoms with Gasteiger partial charge in [-0.05, 0) is 12.1 Å². The summed E-state index contributed by atoms with van der Waals surface area (Å²) in [5.74, 6) is 0. The van der Waals surface area contributed by atoms with E-state index in [1.807, 2.05) is 27.3 Å². The number of rotatable bonds is 2. The van der Waals surface area contributed by atoms with Crippen molar-refractivity contribution in [3.8, 4) is 0 Å². The second-order valence-corrected chi connectivity index (χ2v) is 3.47. The second kappa shape index (κ2) is 3.21. The molecule has 1 heterocycles. The van der Waals surface area contributed by atoms with Gasteiger partial charge >= 0.3 is 0 Å². The smallest absolute Gasteiger partial charge is 0.0691 e. The van der Waals surface area contributed by atoms with Gasteiger partial charge in [0.15, 0.2) is 0 Å². The SMILES string of the molecule is CNc1cc(N(C)C)cc2[nH]ncc12. The van der Waals surface area contributed by atoms with E-state index in [0.29, 0.717) is 0 Å². The van der Waals surface area contributed by atoms with Gasteiger partial charge in [-0.15, -0.1) is 0 Å². The Morgan fingerprint density at radius 2 is 2.14 bits per heavy atom. The van der Waals surface area contributed by atoms with Crippen LogP contribution in [-0.2, 0) is 0 Å². The standard InChI is InChI=1S/C10H14N4/c1-11-9-4-7(14(2)3)5-10-8(9)6-12-13-10/h4-6,11H,1-3H3,(H,12,13). The molecule has 4 nitrogen and oxygen atoms in total. The Morgan fingerprint density at radius 3 is 2.79 bits per heavy atom. The van der Waals surface area contributed by atoms with Gasteiger partial charge in [0.25, 0.3) is 0 Å². The molecule has 0 bridgehead atoms. The molecular formula is C10H14N4. The van der Waals surface area contributed by atoms with Gasteiger partial charge in [0.2, 0.25) is 0 Å². The zero-order valence-electron chi connectivity index (χ0n) is 8.63. The minimum absolute atomic E-state index is 1.06. The van der Waals surface area contributed by atoms with Crippen LogP contribution in [0.5, 0.6) is 0 Å². The summed E-state index contributed by atoms with van der Waals surface area (Å²) < 4.78 is 0. The molecule has 4 heteroatoms. The fourth-order valence-electron chi connectivity index (χ4n) is 1.50. The number of aromatic nitrogens is 2. The average Bonchev–Trinajstić information content (AvgIpc) is 2.63. The maximum absolute atomic E-state index is 4.03. The molecule has 14 heavy (non-hydrogen) atoms. The van der Waals surface area contributed by atoms with Gasteiger partial charge < -0.3 is 10.2 Å². The van der Waals surface area contributed by atoms with E-state index in [9.17, 15) is 0 Å². The summed E-state index contributed by atoms with van der Waals surface area (Å²) in [7, 11) is 5.97. The van der Waals surface area contributed by atoms with Crippen LogP contribution in [0, 0.1) is 0 Å². The number of hydrogen-bond donors (Lipinski definition) is 2. The summed E-state index contributed by atoms with van der Waals surface area (Å²) in [5.41, 5.74) is 3.31. The first-order chi connectivity index (χ1) is 6.72. The van der Waals surface area contributed by atoms with Gasteiger partial charge in [-0.1, -0.05) is 0 Å². The van der Waals surface area contributed by atoms with E-state index in [0.717, 1.165) is 22.3 Å². The molecule has 0 atom stereocenters. The van der Waals surface area contributed by atoms with Crippen molar-refractivity contribution in [1.29, 1.82) is 0 Å². The van der Waals surface area contributed by atoms with Crippen molar-refractivity contribution < 1.29 is 0 Å². The topological polar surface area (TPSA) is 44.0 Å². The average molecular weight is 190 g/mol. The molecular weight excluding hydrogens is 176 g/mol. The summed E-state index contributed by atoms with van der Waals surface area (Å²) in [5, 5.41) is 11.3. The van der Waals surface area contributed by atoms with E-state index in [1.165, 1.54) is 0 Å². The monoisotopic (exact) mass is 190 g/mol. The Bertz CT molecular complexity index is 444. The van der Waals surface area contributed by atoms with Gasteiger partial charge in [0, 0.05) is 37.9 Å². The number of aromatic amines is 1. The predicted molar refractivity (Wildman–Crippen MR) is 60.0 cm³/mol. The van der Waals surface area contributed by atoms with Crippen LogP contribution < -0.4 is 10.2 Å². The molecule has 2 N–H and O–H groups in total. The zero-order valence-corrected chi connectivity index (χ0v) is 8.63.